The van der Waals surface area contributed by atoms with E-state index in [0.717, 1.165) is 0 Å². The number of H-pyrrole nitrogens is 1. The lowest BCUT2D eigenvalue weighted by atomic mass is 10.1. The highest BCUT2D eigenvalue weighted by molar-refractivity contribution is 7.98. The first-order chi connectivity index (χ1) is 12.0. The fourth-order valence-corrected chi connectivity index (χ4v) is 2.73. The summed E-state index contributed by atoms with van der Waals surface area (Å²) in [5, 5.41) is 0.457. The van der Waals surface area contributed by atoms with E-state index in [9.17, 15) is 14.0 Å². The summed E-state index contributed by atoms with van der Waals surface area (Å²) in [5.41, 5.74) is 0.753. The zero-order valence-corrected chi connectivity index (χ0v) is 14.3. The van der Waals surface area contributed by atoms with E-state index in [1.807, 2.05) is 0 Å². The number of fused-ring (bicyclic) bond motifs is 1. The van der Waals surface area contributed by atoms with Crippen LogP contribution in [0.2, 0.25) is 0 Å². The average molecular weight is 359 g/mol. The van der Waals surface area contributed by atoms with Crippen LogP contribution in [0.4, 0.5) is 4.39 Å². The van der Waals surface area contributed by atoms with Gasteiger partial charge in [0.15, 0.2) is 10.8 Å². The highest BCUT2D eigenvalue weighted by Crippen LogP contribution is 2.24. The number of hydrogen-bond donors (Lipinski definition) is 1. The lowest BCUT2D eigenvalue weighted by molar-refractivity contribution is 0.0528. The topological polar surface area (TPSA) is 84.9 Å². The first-order valence-corrected chi connectivity index (χ1v) is 8.68. The van der Waals surface area contributed by atoms with E-state index in [0.29, 0.717) is 16.4 Å². The Bertz CT molecular complexity index is 1000. The molecule has 0 amide bonds. The van der Waals surface area contributed by atoms with Crippen molar-refractivity contribution in [2.45, 2.75) is 12.1 Å². The van der Waals surface area contributed by atoms with E-state index < -0.39 is 11.5 Å². The molecule has 0 saturated heterocycles. The number of carbonyl (C=O) groups is 1. The molecule has 3 aromatic rings. The van der Waals surface area contributed by atoms with Gasteiger partial charge in [0.2, 0.25) is 0 Å². The standard InChI is InChI=1S/C17H14FN3O3S/c1-3-24-16(23)11-8-12(9-4-6-10(18)7-5-9)19-14-13(11)15(22)21-17(20-14)25-2/h4-8H,3H2,1-2H3,(H,19,20,21,22). The second kappa shape index (κ2) is 7.02. The summed E-state index contributed by atoms with van der Waals surface area (Å²) in [6, 6.07) is 7.14. The number of thioether (sulfide) groups is 1. The van der Waals surface area contributed by atoms with Crippen LogP contribution in [-0.4, -0.2) is 33.8 Å². The minimum atomic E-state index is -0.637. The maximum absolute atomic E-state index is 13.2. The number of nitrogens with one attached hydrogen (secondary N) is 1. The smallest absolute Gasteiger partial charge is 0.339 e. The Morgan fingerprint density at radius 1 is 1.28 bits per heavy atom. The van der Waals surface area contributed by atoms with Crippen LogP contribution in [0.5, 0.6) is 0 Å². The SMILES string of the molecule is CCOC(=O)c1cc(-c2ccc(F)cc2)nc2nc(SC)[nH]c(=O)c12. The molecule has 0 bridgehead atoms. The quantitative estimate of drug-likeness (QED) is 0.438. The van der Waals surface area contributed by atoms with Crippen molar-refractivity contribution in [1.29, 1.82) is 0 Å². The molecule has 0 atom stereocenters. The van der Waals surface area contributed by atoms with Crippen molar-refractivity contribution in [3.63, 3.8) is 0 Å². The molecule has 3 rings (SSSR count). The van der Waals surface area contributed by atoms with Crippen LogP contribution in [-0.2, 0) is 4.74 Å². The van der Waals surface area contributed by atoms with Gasteiger partial charge in [-0.25, -0.2) is 19.2 Å². The lowest BCUT2D eigenvalue weighted by Crippen LogP contribution is -2.16. The second-order valence-corrected chi connectivity index (χ2v) is 5.85. The molecule has 0 radical (unpaired) electrons. The molecule has 1 N–H and O–H groups in total. The molecule has 0 aliphatic carbocycles. The summed E-state index contributed by atoms with van der Waals surface area (Å²) in [4.78, 5) is 35.9. The third kappa shape index (κ3) is 3.39. The molecule has 1 aromatic carbocycles. The summed E-state index contributed by atoms with van der Waals surface area (Å²) in [6.45, 7) is 1.85. The van der Waals surface area contributed by atoms with Crippen molar-refractivity contribution in [3.8, 4) is 11.3 Å². The van der Waals surface area contributed by atoms with E-state index in [1.54, 1.807) is 25.3 Å². The molecule has 0 unspecified atom stereocenters. The molecule has 0 fully saturated rings. The molecule has 8 heteroatoms. The van der Waals surface area contributed by atoms with Crippen molar-refractivity contribution < 1.29 is 13.9 Å². The predicted molar refractivity (Wildman–Crippen MR) is 93.3 cm³/mol. The minimum Gasteiger partial charge on any atom is -0.462 e. The van der Waals surface area contributed by atoms with Gasteiger partial charge in [0.05, 0.1) is 23.3 Å². The van der Waals surface area contributed by atoms with Crippen molar-refractivity contribution in [3.05, 3.63) is 52.1 Å². The van der Waals surface area contributed by atoms with Crippen LogP contribution in [0.3, 0.4) is 0 Å². The summed E-state index contributed by atoms with van der Waals surface area (Å²) >= 11 is 1.25. The average Bonchev–Trinajstić information content (AvgIpc) is 2.61. The Hall–Kier alpha value is -2.74. The molecule has 2 heterocycles. The van der Waals surface area contributed by atoms with Gasteiger partial charge in [0.1, 0.15) is 5.82 Å². The molecule has 0 aliphatic rings. The highest BCUT2D eigenvalue weighted by Gasteiger charge is 2.19. The van der Waals surface area contributed by atoms with Crippen LogP contribution in [0.15, 0.2) is 40.3 Å². The number of rotatable bonds is 4. The summed E-state index contributed by atoms with van der Waals surface area (Å²) in [6.07, 6.45) is 1.76. The molecular weight excluding hydrogens is 345 g/mol. The Kier molecular flexibility index (Phi) is 4.80. The Balaban J connectivity index is 2.31. The first kappa shape index (κ1) is 17.1. The molecule has 2 aromatic heterocycles. The van der Waals surface area contributed by atoms with Gasteiger partial charge in [-0.1, -0.05) is 11.8 Å². The number of nitrogens with zero attached hydrogens (tertiary/aromatic N) is 2. The maximum Gasteiger partial charge on any atom is 0.339 e. The van der Waals surface area contributed by atoms with Crippen LogP contribution >= 0.6 is 11.8 Å². The number of pyridine rings is 1. The fourth-order valence-electron chi connectivity index (χ4n) is 2.36. The van der Waals surface area contributed by atoms with E-state index in [-0.39, 0.29) is 29.0 Å². The zero-order valence-electron chi connectivity index (χ0n) is 13.5. The third-order valence-corrected chi connectivity index (χ3v) is 4.06. The van der Waals surface area contributed by atoms with E-state index in [4.69, 9.17) is 4.74 Å². The summed E-state index contributed by atoms with van der Waals surface area (Å²) in [5.74, 6) is -1.02. The summed E-state index contributed by atoms with van der Waals surface area (Å²) < 4.78 is 18.2. The molecular formula is C17H14FN3O3S. The van der Waals surface area contributed by atoms with Crippen molar-refractivity contribution >= 4 is 28.8 Å². The van der Waals surface area contributed by atoms with Gasteiger partial charge in [0, 0.05) is 5.56 Å². The van der Waals surface area contributed by atoms with E-state index >= 15 is 0 Å². The van der Waals surface area contributed by atoms with Crippen LogP contribution in [0.1, 0.15) is 17.3 Å². The van der Waals surface area contributed by atoms with Gasteiger partial charge >= 0.3 is 5.97 Å². The molecule has 0 saturated carbocycles. The number of benzene rings is 1. The lowest BCUT2D eigenvalue weighted by Gasteiger charge is -2.09. The van der Waals surface area contributed by atoms with Gasteiger partial charge in [-0.2, -0.15) is 0 Å². The number of esters is 1. The zero-order chi connectivity index (χ0) is 18.0. The minimum absolute atomic E-state index is 0.0714. The number of carbonyl (C=O) groups excluding carboxylic acids is 1. The van der Waals surface area contributed by atoms with Crippen molar-refractivity contribution in [2.75, 3.05) is 12.9 Å². The predicted octanol–water partition coefficient (Wildman–Crippen LogP) is 3.02. The highest BCUT2D eigenvalue weighted by atomic mass is 32.2. The monoisotopic (exact) mass is 359 g/mol. The molecule has 128 valence electrons. The molecule has 6 nitrogen and oxygen atoms in total. The Morgan fingerprint density at radius 3 is 2.64 bits per heavy atom. The van der Waals surface area contributed by atoms with Crippen LogP contribution in [0, 0.1) is 5.82 Å². The molecule has 25 heavy (non-hydrogen) atoms. The number of aromatic nitrogens is 3. The largest absolute Gasteiger partial charge is 0.462 e. The summed E-state index contributed by atoms with van der Waals surface area (Å²) in [7, 11) is 0. The molecule has 0 spiro atoms. The Morgan fingerprint density at radius 2 is 2.00 bits per heavy atom. The van der Waals surface area contributed by atoms with Gasteiger partial charge in [0.25, 0.3) is 5.56 Å². The number of halogens is 1. The van der Waals surface area contributed by atoms with Crippen molar-refractivity contribution in [2.24, 2.45) is 0 Å². The van der Waals surface area contributed by atoms with E-state index in [1.165, 1.54) is 30.0 Å². The Labute approximate surface area is 146 Å². The maximum atomic E-state index is 13.2. The number of ether oxygens (including phenoxy) is 1. The van der Waals surface area contributed by atoms with Crippen LogP contribution in [0.25, 0.3) is 22.3 Å². The van der Waals surface area contributed by atoms with Gasteiger partial charge in [-0.15, -0.1) is 0 Å². The molecule has 0 aliphatic heterocycles. The second-order valence-electron chi connectivity index (χ2n) is 5.06. The van der Waals surface area contributed by atoms with Gasteiger partial charge in [-0.05, 0) is 43.5 Å². The number of aromatic amines is 1. The van der Waals surface area contributed by atoms with Crippen LogP contribution < -0.4 is 5.56 Å². The fraction of sp³-hybridized carbons (Fsp3) is 0.176. The normalized spacial score (nSPS) is 10.8. The van der Waals surface area contributed by atoms with Gasteiger partial charge in [-0.3, -0.25) is 4.79 Å². The third-order valence-electron chi connectivity index (χ3n) is 3.48. The van der Waals surface area contributed by atoms with E-state index in [2.05, 4.69) is 15.0 Å². The van der Waals surface area contributed by atoms with Crippen molar-refractivity contribution in [1.82, 2.24) is 15.0 Å². The first-order valence-electron chi connectivity index (χ1n) is 7.45. The number of hydrogen-bond acceptors (Lipinski definition) is 6. The van der Waals surface area contributed by atoms with Gasteiger partial charge < -0.3 is 9.72 Å².